The van der Waals surface area contributed by atoms with E-state index in [-0.39, 0.29) is 0 Å². The Bertz CT molecular complexity index is 502. The third kappa shape index (κ3) is 4.38. The van der Waals surface area contributed by atoms with E-state index < -0.39 is 0 Å². The Morgan fingerprint density at radius 1 is 1.00 bits per heavy atom. The lowest BCUT2D eigenvalue weighted by Crippen LogP contribution is -2.21. The summed E-state index contributed by atoms with van der Waals surface area (Å²) in [5.74, 6) is 0. The fourth-order valence-electron chi connectivity index (χ4n) is 2.06. The first-order valence-electron chi connectivity index (χ1n) is 6.69. The molecule has 100 valence electrons. The van der Waals surface area contributed by atoms with E-state index in [1.54, 1.807) is 0 Å². The van der Waals surface area contributed by atoms with Gasteiger partial charge in [-0.15, -0.1) is 0 Å². The molecular weight excluding hydrogens is 254 g/mol. The van der Waals surface area contributed by atoms with Crippen molar-refractivity contribution in [3.05, 3.63) is 70.2 Å². The second kappa shape index (κ2) is 6.74. The zero-order valence-electron chi connectivity index (χ0n) is 11.5. The molecule has 19 heavy (non-hydrogen) atoms. The summed E-state index contributed by atoms with van der Waals surface area (Å²) in [5.41, 5.74) is 3.95. The Hall–Kier alpha value is -1.31. The molecule has 0 saturated heterocycles. The van der Waals surface area contributed by atoms with Gasteiger partial charge in [-0.2, -0.15) is 0 Å². The van der Waals surface area contributed by atoms with Crippen molar-refractivity contribution in [3.8, 4) is 0 Å². The highest BCUT2D eigenvalue weighted by Crippen LogP contribution is 2.13. The van der Waals surface area contributed by atoms with Crippen LogP contribution in [0.4, 0.5) is 0 Å². The minimum Gasteiger partial charge on any atom is -0.310 e. The number of hydrogen-bond donors (Lipinski definition) is 1. The van der Waals surface area contributed by atoms with Crippen molar-refractivity contribution in [1.29, 1.82) is 0 Å². The second-order valence-corrected chi connectivity index (χ2v) is 5.40. The molecule has 0 heterocycles. The van der Waals surface area contributed by atoms with E-state index in [0.717, 1.165) is 18.0 Å². The average Bonchev–Trinajstić information content (AvgIpc) is 2.41. The van der Waals surface area contributed by atoms with Gasteiger partial charge in [0.1, 0.15) is 0 Å². The Labute approximate surface area is 120 Å². The number of benzene rings is 2. The normalized spacial score (nSPS) is 12.4. The topological polar surface area (TPSA) is 12.0 Å². The molecule has 0 aromatic heterocycles. The third-order valence-electron chi connectivity index (χ3n) is 3.35. The van der Waals surface area contributed by atoms with Gasteiger partial charge in [-0.05, 0) is 50.1 Å². The summed E-state index contributed by atoms with van der Waals surface area (Å²) in [7, 11) is 0. The van der Waals surface area contributed by atoms with Crippen molar-refractivity contribution in [2.75, 3.05) is 6.54 Å². The molecule has 0 aliphatic carbocycles. The first-order valence-corrected chi connectivity index (χ1v) is 7.07. The Kier molecular flexibility index (Phi) is 5.00. The van der Waals surface area contributed by atoms with Crippen LogP contribution in [0.5, 0.6) is 0 Å². The molecule has 0 radical (unpaired) electrons. The number of halogens is 1. The second-order valence-electron chi connectivity index (χ2n) is 4.96. The van der Waals surface area contributed by atoms with Crippen molar-refractivity contribution >= 4 is 11.6 Å². The molecule has 2 aromatic carbocycles. The summed E-state index contributed by atoms with van der Waals surface area (Å²) in [6.07, 6.45) is 1.02. The molecule has 0 bridgehead atoms. The van der Waals surface area contributed by atoms with Gasteiger partial charge >= 0.3 is 0 Å². The maximum Gasteiger partial charge on any atom is 0.0406 e. The van der Waals surface area contributed by atoms with Gasteiger partial charge in [0.05, 0.1) is 0 Å². The predicted molar refractivity (Wildman–Crippen MR) is 82.8 cm³/mol. The Morgan fingerprint density at radius 3 is 2.26 bits per heavy atom. The van der Waals surface area contributed by atoms with Crippen LogP contribution in [0.15, 0.2) is 48.5 Å². The zero-order chi connectivity index (χ0) is 13.7. The van der Waals surface area contributed by atoms with Crippen LogP contribution in [0.1, 0.15) is 29.7 Å². The molecule has 1 unspecified atom stereocenters. The fraction of sp³-hybridized carbons (Fsp3) is 0.294. The molecule has 0 aliphatic rings. The summed E-state index contributed by atoms with van der Waals surface area (Å²) in [5, 5.41) is 4.34. The Morgan fingerprint density at radius 2 is 1.63 bits per heavy atom. The van der Waals surface area contributed by atoms with Crippen LogP contribution < -0.4 is 5.32 Å². The molecule has 2 rings (SSSR count). The molecule has 2 aromatic rings. The first kappa shape index (κ1) is 14.1. The highest BCUT2D eigenvalue weighted by atomic mass is 35.5. The van der Waals surface area contributed by atoms with Gasteiger partial charge in [-0.25, -0.2) is 0 Å². The molecule has 0 amide bonds. The quantitative estimate of drug-likeness (QED) is 0.843. The average molecular weight is 274 g/mol. The first-order chi connectivity index (χ1) is 9.15. The largest absolute Gasteiger partial charge is 0.310 e. The van der Waals surface area contributed by atoms with Crippen molar-refractivity contribution in [2.24, 2.45) is 0 Å². The number of aryl methyl sites for hydroxylation is 1. The fourth-order valence-corrected chi connectivity index (χ4v) is 2.18. The Balaban J connectivity index is 1.82. The van der Waals surface area contributed by atoms with E-state index in [1.807, 2.05) is 12.1 Å². The molecule has 0 aliphatic heterocycles. The summed E-state index contributed by atoms with van der Waals surface area (Å²) < 4.78 is 0. The SMILES string of the molecule is Cc1ccc(C(C)NCCc2ccc(Cl)cc2)cc1. The predicted octanol–water partition coefficient (Wildman–Crippen LogP) is 4.54. The van der Waals surface area contributed by atoms with Gasteiger partial charge in [-0.1, -0.05) is 53.6 Å². The lowest BCUT2D eigenvalue weighted by Gasteiger charge is -2.14. The zero-order valence-corrected chi connectivity index (χ0v) is 12.2. The molecule has 1 N–H and O–H groups in total. The van der Waals surface area contributed by atoms with Gasteiger partial charge in [0.15, 0.2) is 0 Å². The molecule has 2 heteroatoms. The number of hydrogen-bond acceptors (Lipinski definition) is 1. The smallest absolute Gasteiger partial charge is 0.0406 e. The maximum absolute atomic E-state index is 5.87. The summed E-state index contributed by atoms with van der Waals surface area (Å²) in [6.45, 7) is 5.28. The maximum atomic E-state index is 5.87. The number of rotatable bonds is 5. The van der Waals surface area contributed by atoms with Gasteiger partial charge in [0.2, 0.25) is 0 Å². The highest BCUT2D eigenvalue weighted by molar-refractivity contribution is 6.30. The van der Waals surface area contributed by atoms with Crippen LogP contribution in [-0.4, -0.2) is 6.54 Å². The third-order valence-corrected chi connectivity index (χ3v) is 3.61. The van der Waals surface area contributed by atoms with E-state index in [1.165, 1.54) is 16.7 Å². The molecule has 1 nitrogen and oxygen atoms in total. The van der Waals surface area contributed by atoms with Crippen molar-refractivity contribution in [3.63, 3.8) is 0 Å². The van der Waals surface area contributed by atoms with Crippen molar-refractivity contribution < 1.29 is 0 Å². The van der Waals surface area contributed by atoms with Crippen LogP contribution in [0, 0.1) is 6.92 Å². The van der Waals surface area contributed by atoms with Crippen LogP contribution in [-0.2, 0) is 6.42 Å². The van der Waals surface area contributed by atoms with Crippen LogP contribution in [0.3, 0.4) is 0 Å². The van der Waals surface area contributed by atoms with E-state index in [4.69, 9.17) is 11.6 Å². The summed E-state index contributed by atoms with van der Waals surface area (Å²) in [6, 6.07) is 17.1. The lowest BCUT2D eigenvalue weighted by molar-refractivity contribution is 0.577. The van der Waals surface area contributed by atoms with Crippen molar-refractivity contribution in [1.82, 2.24) is 5.32 Å². The van der Waals surface area contributed by atoms with Gasteiger partial charge < -0.3 is 5.32 Å². The lowest BCUT2D eigenvalue weighted by atomic mass is 10.1. The molecular formula is C17H20ClN. The van der Waals surface area contributed by atoms with E-state index in [2.05, 4.69) is 55.6 Å². The monoisotopic (exact) mass is 273 g/mol. The number of nitrogens with one attached hydrogen (secondary N) is 1. The van der Waals surface area contributed by atoms with Gasteiger partial charge in [0, 0.05) is 11.1 Å². The van der Waals surface area contributed by atoms with Crippen LogP contribution in [0.25, 0.3) is 0 Å². The van der Waals surface area contributed by atoms with Crippen LogP contribution >= 0.6 is 11.6 Å². The molecule has 0 spiro atoms. The van der Waals surface area contributed by atoms with E-state index >= 15 is 0 Å². The summed E-state index contributed by atoms with van der Waals surface area (Å²) >= 11 is 5.87. The standard InChI is InChI=1S/C17H20ClN/c1-13-3-7-16(8-4-13)14(2)19-12-11-15-5-9-17(18)10-6-15/h3-10,14,19H,11-12H2,1-2H3. The van der Waals surface area contributed by atoms with Crippen molar-refractivity contribution in [2.45, 2.75) is 26.3 Å². The van der Waals surface area contributed by atoms with E-state index in [9.17, 15) is 0 Å². The highest BCUT2D eigenvalue weighted by Gasteiger charge is 2.03. The molecule has 0 fully saturated rings. The minimum absolute atomic E-state index is 0.382. The van der Waals surface area contributed by atoms with E-state index in [0.29, 0.717) is 6.04 Å². The van der Waals surface area contributed by atoms with Gasteiger partial charge in [0.25, 0.3) is 0 Å². The molecule has 1 atom stereocenters. The van der Waals surface area contributed by atoms with Gasteiger partial charge in [-0.3, -0.25) is 0 Å². The van der Waals surface area contributed by atoms with Crippen LogP contribution in [0.2, 0.25) is 5.02 Å². The minimum atomic E-state index is 0.382. The summed E-state index contributed by atoms with van der Waals surface area (Å²) in [4.78, 5) is 0. The molecule has 0 saturated carbocycles.